The van der Waals surface area contributed by atoms with Gasteiger partial charge >= 0.3 is 0 Å². The van der Waals surface area contributed by atoms with E-state index >= 15 is 0 Å². The highest BCUT2D eigenvalue weighted by Gasteiger charge is 2.41. The minimum atomic E-state index is -3.96. The number of aliphatic hydroxyl groups excluding tert-OH is 1. The van der Waals surface area contributed by atoms with E-state index in [0.717, 1.165) is 5.56 Å². The van der Waals surface area contributed by atoms with Crippen molar-refractivity contribution in [3.05, 3.63) is 29.8 Å². The molecule has 5 nitrogen and oxygen atoms in total. The molecule has 0 bridgehead atoms. The predicted molar refractivity (Wildman–Crippen MR) is 103 cm³/mol. The van der Waals surface area contributed by atoms with E-state index < -0.39 is 37.3 Å². The molecule has 0 fully saturated rings. The van der Waals surface area contributed by atoms with Crippen molar-refractivity contribution in [1.82, 2.24) is 0 Å². The molecule has 2 atom stereocenters. The summed E-state index contributed by atoms with van der Waals surface area (Å²) in [5.41, 5.74) is 0.963. The van der Waals surface area contributed by atoms with E-state index in [4.69, 9.17) is 8.61 Å². The van der Waals surface area contributed by atoms with Crippen LogP contribution in [0.1, 0.15) is 39.7 Å². The van der Waals surface area contributed by atoms with Crippen molar-refractivity contribution in [2.45, 2.75) is 76.3 Å². The second-order valence-corrected chi connectivity index (χ2v) is 14.2. The van der Waals surface area contributed by atoms with Crippen LogP contribution in [0.2, 0.25) is 18.1 Å². The molecule has 1 aromatic carbocycles. The van der Waals surface area contributed by atoms with Gasteiger partial charge in [-0.25, -0.2) is 0 Å². The van der Waals surface area contributed by atoms with Crippen molar-refractivity contribution in [2.24, 2.45) is 0 Å². The maximum absolute atomic E-state index is 12.5. The molecule has 0 saturated heterocycles. The normalized spacial score (nSPS) is 15.8. The monoisotopic (exact) mass is 388 g/mol. The lowest BCUT2D eigenvalue weighted by atomic mass is 10.2. The zero-order chi connectivity index (χ0) is 19.5. The fourth-order valence-corrected chi connectivity index (χ4v) is 4.63. The van der Waals surface area contributed by atoms with E-state index in [1.54, 1.807) is 12.1 Å². The molecule has 0 aliphatic rings. The third-order valence-corrected chi connectivity index (χ3v) is 10.7. The number of benzene rings is 1. The molecule has 1 N–H and O–H groups in total. The Hall–Kier alpha value is -0.733. The quantitative estimate of drug-likeness (QED) is 0.541. The summed E-state index contributed by atoms with van der Waals surface area (Å²) in [5, 5.41) is 9.71. The minimum Gasteiger partial charge on any atom is -0.411 e. The zero-order valence-electron chi connectivity index (χ0n) is 16.4. The first-order valence-electron chi connectivity index (χ1n) is 8.62. The molecular formula is C18H32O5SSi. The fraction of sp³-hybridized carbons (Fsp3) is 0.667. The van der Waals surface area contributed by atoms with Crippen molar-refractivity contribution in [2.75, 3.05) is 6.61 Å². The molecule has 0 amide bonds. The highest BCUT2D eigenvalue weighted by atomic mass is 32.2. The molecule has 0 aromatic heterocycles. The van der Waals surface area contributed by atoms with Crippen molar-refractivity contribution in [3.8, 4) is 0 Å². The lowest BCUT2D eigenvalue weighted by Gasteiger charge is -2.40. The molecule has 0 spiro atoms. The second kappa shape index (κ2) is 8.31. The van der Waals surface area contributed by atoms with Crippen LogP contribution in [0.25, 0.3) is 0 Å². The molecular weight excluding hydrogens is 356 g/mol. The van der Waals surface area contributed by atoms with Gasteiger partial charge in [0.05, 0.1) is 17.6 Å². The SMILES string of the molecule is CC[C@H](O[Si](C)(C)C(C)(C)C)[C@H](CO)OS(=O)(=O)c1ccc(C)cc1. The van der Waals surface area contributed by atoms with E-state index in [-0.39, 0.29) is 9.93 Å². The predicted octanol–water partition coefficient (Wildman–Crippen LogP) is 3.86. The molecule has 0 heterocycles. The van der Waals surface area contributed by atoms with Gasteiger partial charge in [-0.05, 0) is 43.6 Å². The molecule has 144 valence electrons. The lowest BCUT2D eigenvalue weighted by molar-refractivity contribution is 0.0108. The van der Waals surface area contributed by atoms with Crippen LogP contribution in [0, 0.1) is 6.92 Å². The van der Waals surface area contributed by atoms with Crippen LogP contribution in [-0.4, -0.2) is 40.7 Å². The number of aliphatic hydroxyl groups is 1. The Labute approximate surface area is 153 Å². The Morgan fingerprint density at radius 1 is 1.12 bits per heavy atom. The molecule has 0 saturated carbocycles. The van der Waals surface area contributed by atoms with E-state index in [0.29, 0.717) is 6.42 Å². The molecule has 1 rings (SSSR count). The van der Waals surface area contributed by atoms with Crippen molar-refractivity contribution in [3.63, 3.8) is 0 Å². The van der Waals surface area contributed by atoms with E-state index in [2.05, 4.69) is 33.9 Å². The third-order valence-electron chi connectivity index (χ3n) is 4.81. The van der Waals surface area contributed by atoms with Crippen LogP contribution in [0.15, 0.2) is 29.2 Å². The lowest BCUT2D eigenvalue weighted by Crippen LogP contribution is -2.48. The van der Waals surface area contributed by atoms with Gasteiger partial charge in [0, 0.05) is 0 Å². The van der Waals surface area contributed by atoms with Gasteiger partial charge in [-0.1, -0.05) is 45.4 Å². The Morgan fingerprint density at radius 3 is 2.04 bits per heavy atom. The molecule has 0 unspecified atom stereocenters. The number of hydrogen-bond acceptors (Lipinski definition) is 5. The van der Waals surface area contributed by atoms with Crippen LogP contribution in [0.5, 0.6) is 0 Å². The highest BCUT2D eigenvalue weighted by molar-refractivity contribution is 7.86. The number of aryl methyl sites for hydroxylation is 1. The summed E-state index contributed by atoms with van der Waals surface area (Å²) < 4.78 is 36.7. The van der Waals surface area contributed by atoms with Gasteiger partial charge in [0.1, 0.15) is 6.10 Å². The largest absolute Gasteiger partial charge is 0.411 e. The summed E-state index contributed by atoms with van der Waals surface area (Å²) in [6, 6.07) is 6.45. The topological polar surface area (TPSA) is 72.8 Å². The summed E-state index contributed by atoms with van der Waals surface area (Å²) in [5.74, 6) is 0. The van der Waals surface area contributed by atoms with E-state index in [1.165, 1.54) is 12.1 Å². The van der Waals surface area contributed by atoms with Gasteiger partial charge < -0.3 is 9.53 Å². The Balaban J connectivity index is 3.01. The van der Waals surface area contributed by atoms with E-state index in [1.807, 2.05) is 13.8 Å². The van der Waals surface area contributed by atoms with Crippen molar-refractivity contribution in [1.29, 1.82) is 0 Å². The summed E-state index contributed by atoms with van der Waals surface area (Å²) in [6.45, 7) is 13.9. The van der Waals surface area contributed by atoms with Crippen molar-refractivity contribution < 1.29 is 22.1 Å². The first-order chi connectivity index (χ1) is 11.3. The molecule has 7 heteroatoms. The Morgan fingerprint density at radius 2 is 1.64 bits per heavy atom. The fourth-order valence-electron chi connectivity index (χ4n) is 2.11. The summed E-state index contributed by atoms with van der Waals surface area (Å²) in [4.78, 5) is 0.0822. The minimum absolute atomic E-state index is 0.0176. The second-order valence-electron chi connectivity index (χ2n) is 7.91. The van der Waals surface area contributed by atoms with Gasteiger partial charge in [0.2, 0.25) is 0 Å². The summed E-state index contributed by atoms with van der Waals surface area (Å²) >= 11 is 0. The summed E-state index contributed by atoms with van der Waals surface area (Å²) in [6.07, 6.45) is -0.849. The maximum atomic E-state index is 12.5. The average Bonchev–Trinajstić information content (AvgIpc) is 2.49. The van der Waals surface area contributed by atoms with Gasteiger partial charge in [-0.15, -0.1) is 0 Å². The molecule has 0 aliphatic carbocycles. The molecule has 1 aromatic rings. The summed E-state index contributed by atoms with van der Waals surface area (Å²) in [7, 11) is -6.08. The molecule has 0 radical (unpaired) electrons. The third kappa shape index (κ3) is 5.89. The van der Waals surface area contributed by atoms with E-state index in [9.17, 15) is 13.5 Å². The van der Waals surface area contributed by atoms with Crippen LogP contribution in [-0.2, 0) is 18.7 Å². The van der Waals surface area contributed by atoms with Crippen molar-refractivity contribution >= 4 is 18.4 Å². The Kier molecular flexibility index (Phi) is 7.41. The van der Waals surface area contributed by atoms with Gasteiger partial charge in [-0.3, -0.25) is 4.18 Å². The Bertz CT molecular complexity index is 647. The average molecular weight is 389 g/mol. The first-order valence-corrected chi connectivity index (χ1v) is 12.9. The van der Waals surface area contributed by atoms with Crippen LogP contribution in [0.3, 0.4) is 0 Å². The zero-order valence-corrected chi connectivity index (χ0v) is 18.2. The highest BCUT2D eigenvalue weighted by Crippen LogP contribution is 2.38. The smallest absolute Gasteiger partial charge is 0.297 e. The van der Waals surface area contributed by atoms with Crippen LogP contribution in [0.4, 0.5) is 0 Å². The maximum Gasteiger partial charge on any atom is 0.297 e. The molecule has 0 aliphatic heterocycles. The standard InChI is InChI=1S/C18H32O5SSi/c1-8-16(23-25(6,7)18(3,4)5)17(13-19)22-24(20,21)15-11-9-14(2)10-12-15/h9-12,16-17,19H,8,13H2,1-7H3/t16-,17-/m0/s1. The van der Waals surface area contributed by atoms with Gasteiger partial charge in [0.25, 0.3) is 10.1 Å². The number of rotatable bonds is 8. The van der Waals surface area contributed by atoms with Crippen LogP contribution < -0.4 is 0 Å². The van der Waals surface area contributed by atoms with Gasteiger partial charge in [0.15, 0.2) is 8.32 Å². The van der Waals surface area contributed by atoms with Crippen LogP contribution >= 0.6 is 0 Å². The molecule has 25 heavy (non-hydrogen) atoms. The number of hydrogen-bond donors (Lipinski definition) is 1. The first kappa shape index (κ1) is 22.3. The van der Waals surface area contributed by atoms with Gasteiger partial charge in [-0.2, -0.15) is 8.42 Å².